The third kappa shape index (κ3) is 2.84. The van der Waals surface area contributed by atoms with Crippen LogP contribution in [0.3, 0.4) is 0 Å². The molecule has 0 radical (unpaired) electrons. The van der Waals surface area contributed by atoms with Gasteiger partial charge < -0.3 is 0 Å². The molecule has 0 spiro atoms. The third-order valence-electron chi connectivity index (χ3n) is 2.29. The van der Waals surface area contributed by atoms with E-state index in [1.54, 1.807) is 36.7 Å². The van der Waals surface area contributed by atoms with Crippen LogP contribution in [-0.2, 0) is 4.79 Å². The number of pyridine rings is 1. The minimum atomic E-state index is -0.360. The first-order valence-electron chi connectivity index (χ1n) is 5.12. The topological polar surface area (TPSA) is 30.0 Å². The van der Waals surface area contributed by atoms with Crippen molar-refractivity contribution >= 4 is 17.9 Å². The molecule has 3 heteroatoms. The number of aromatic nitrogens is 1. The molecule has 2 aromatic rings. The van der Waals surface area contributed by atoms with Crippen molar-refractivity contribution in [1.29, 1.82) is 0 Å². The van der Waals surface area contributed by atoms with Gasteiger partial charge in [0.15, 0.2) is 6.29 Å². The fourth-order valence-electron chi connectivity index (χ4n) is 1.49. The average molecular weight is 227 g/mol. The van der Waals surface area contributed by atoms with Crippen molar-refractivity contribution in [2.45, 2.75) is 0 Å². The maximum absolute atomic E-state index is 13.0. The number of carbonyl (C=O) groups excluding carboxylic acids is 1. The number of aldehydes is 1. The first-order valence-corrected chi connectivity index (χ1v) is 5.12. The predicted octanol–water partition coefficient (Wildman–Crippen LogP) is 2.96. The molecule has 0 aliphatic rings. The minimum absolute atomic E-state index is 0.360. The van der Waals surface area contributed by atoms with Crippen LogP contribution in [0.2, 0.25) is 0 Å². The Morgan fingerprint density at radius 2 is 2.12 bits per heavy atom. The van der Waals surface area contributed by atoms with E-state index < -0.39 is 0 Å². The van der Waals surface area contributed by atoms with Crippen LogP contribution >= 0.6 is 0 Å². The molecule has 0 aliphatic carbocycles. The summed E-state index contributed by atoms with van der Waals surface area (Å²) in [5.74, 6) is -0.360. The van der Waals surface area contributed by atoms with Gasteiger partial charge in [-0.1, -0.05) is 18.2 Å². The fraction of sp³-hybridized carbons (Fsp3) is 0. The second kappa shape index (κ2) is 5.16. The number of benzene rings is 1. The van der Waals surface area contributed by atoms with E-state index >= 15 is 0 Å². The van der Waals surface area contributed by atoms with Crippen LogP contribution in [0.5, 0.6) is 0 Å². The van der Waals surface area contributed by atoms with Gasteiger partial charge in [-0.05, 0) is 35.4 Å². The van der Waals surface area contributed by atoms with Crippen molar-refractivity contribution in [3.63, 3.8) is 0 Å². The maximum Gasteiger partial charge on any atom is 0.150 e. The van der Waals surface area contributed by atoms with Crippen LogP contribution in [0.4, 0.5) is 4.39 Å². The number of allylic oxidation sites excluding steroid dienone is 1. The van der Waals surface area contributed by atoms with Crippen molar-refractivity contribution < 1.29 is 9.18 Å². The minimum Gasteiger partial charge on any atom is -0.298 e. The molecule has 1 heterocycles. The van der Waals surface area contributed by atoms with Gasteiger partial charge in [-0.2, -0.15) is 0 Å². The normalized spacial score (nSPS) is 11.2. The molecule has 0 atom stereocenters. The molecule has 0 amide bonds. The molecule has 0 fully saturated rings. The zero-order chi connectivity index (χ0) is 12.1. The van der Waals surface area contributed by atoms with Crippen LogP contribution in [0.25, 0.3) is 11.6 Å². The van der Waals surface area contributed by atoms with Crippen LogP contribution in [0, 0.1) is 5.82 Å². The van der Waals surface area contributed by atoms with Crippen molar-refractivity contribution in [3.05, 3.63) is 65.7 Å². The molecule has 0 aliphatic heterocycles. The standard InChI is InChI=1S/C14H10FNO/c15-14-5-1-4-12(8-14)13(10-17)7-11-3-2-6-16-9-11/h1-10H/b13-7+. The zero-order valence-corrected chi connectivity index (χ0v) is 9.01. The molecule has 0 bridgehead atoms. The van der Waals surface area contributed by atoms with Gasteiger partial charge in [0.05, 0.1) is 0 Å². The van der Waals surface area contributed by atoms with Gasteiger partial charge in [0.25, 0.3) is 0 Å². The van der Waals surface area contributed by atoms with E-state index in [1.165, 1.54) is 12.1 Å². The summed E-state index contributed by atoms with van der Waals surface area (Å²) in [6.07, 6.45) is 5.68. The van der Waals surface area contributed by atoms with Crippen molar-refractivity contribution in [2.24, 2.45) is 0 Å². The van der Waals surface area contributed by atoms with Crippen molar-refractivity contribution in [1.82, 2.24) is 4.98 Å². The Kier molecular flexibility index (Phi) is 3.40. The molecule has 2 nitrogen and oxygen atoms in total. The van der Waals surface area contributed by atoms with E-state index in [-0.39, 0.29) is 5.82 Å². The average Bonchev–Trinajstić information content (AvgIpc) is 2.37. The molecule has 84 valence electrons. The lowest BCUT2D eigenvalue weighted by atomic mass is 10.0. The highest BCUT2D eigenvalue weighted by atomic mass is 19.1. The molecule has 0 saturated carbocycles. The number of nitrogens with zero attached hydrogens (tertiary/aromatic N) is 1. The van der Waals surface area contributed by atoms with E-state index in [0.29, 0.717) is 17.4 Å². The van der Waals surface area contributed by atoms with Gasteiger partial charge in [0, 0.05) is 18.0 Å². The molecular formula is C14H10FNO. The lowest BCUT2D eigenvalue weighted by Crippen LogP contribution is -1.87. The Bertz CT molecular complexity index is 549. The first-order chi connectivity index (χ1) is 8.29. The summed E-state index contributed by atoms with van der Waals surface area (Å²) in [6.45, 7) is 0. The van der Waals surface area contributed by atoms with E-state index in [9.17, 15) is 9.18 Å². The fourth-order valence-corrected chi connectivity index (χ4v) is 1.49. The van der Waals surface area contributed by atoms with E-state index in [0.717, 1.165) is 5.56 Å². The predicted molar refractivity (Wildman–Crippen MR) is 64.6 cm³/mol. The smallest absolute Gasteiger partial charge is 0.150 e. The summed E-state index contributed by atoms with van der Waals surface area (Å²) in [5, 5.41) is 0. The number of hydrogen-bond acceptors (Lipinski definition) is 2. The molecular weight excluding hydrogens is 217 g/mol. The van der Waals surface area contributed by atoms with Crippen LogP contribution in [-0.4, -0.2) is 11.3 Å². The Morgan fingerprint density at radius 3 is 2.76 bits per heavy atom. The van der Waals surface area contributed by atoms with Gasteiger partial charge >= 0.3 is 0 Å². The first kappa shape index (κ1) is 11.2. The van der Waals surface area contributed by atoms with Gasteiger partial charge in [0.2, 0.25) is 0 Å². The van der Waals surface area contributed by atoms with Crippen LogP contribution in [0.15, 0.2) is 48.8 Å². The number of carbonyl (C=O) groups is 1. The SMILES string of the molecule is O=C/C(=C\c1cccnc1)c1cccc(F)c1. The zero-order valence-electron chi connectivity index (χ0n) is 9.01. The molecule has 1 aromatic carbocycles. The Balaban J connectivity index is 2.41. The van der Waals surface area contributed by atoms with Crippen molar-refractivity contribution in [3.8, 4) is 0 Å². The second-order valence-electron chi connectivity index (χ2n) is 3.51. The monoisotopic (exact) mass is 227 g/mol. The lowest BCUT2D eigenvalue weighted by molar-refractivity contribution is -0.103. The summed E-state index contributed by atoms with van der Waals surface area (Å²) in [5.41, 5.74) is 1.79. The molecule has 2 rings (SSSR count). The van der Waals surface area contributed by atoms with E-state index in [1.807, 2.05) is 6.07 Å². The summed E-state index contributed by atoms with van der Waals surface area (Å²) in [6, 6.07) is 9.55. The highest BCUT2D eigenvalue weighted by Gasteiger charge is 2.01. The number of halogens is 1. The van der Waals surface area contributed by atoms with Gasteiger partial charge in [0.1, 0.15) is 5.82 Å². The number of hydrogen-bond donors (Lipinski definition) is 0. The molecule has 0 saturated heterocycles. The quantitative estimate of drug-likeness (QED) is 0.596. The Labute approximate surface area is 98.4 Å². The third-order valence-corrected chi connectivity index (χ3v) is 2.29. The van der Waals surface area contributed by atoms with Crippen molar-refractivity contribution in [2.75, 3.05) is 0 Å². The summed E-state index contributed by atoms with van der Waals surface area (Å²) < 4.78 is 13.0. The summed E-state index contributed by atoms with van der Waals surface area (Å²) >= 11 is 0. The van der Waals surface area contributed by atoms with Gasteiger partial charge in [-0.15, -0.1) is 0 Å². The highest BCUT2D eigenvalue weighted by Crippen LogP contribution is 2.16. The largest absolute Gasteiger partial charge is 0.298 e. The van der Waals surface area contributed by atoms with Gasteiger partial charge in [-0.25, -0.2) is 4.39 Å². The molecule has 17 heavy (non-hydrogen) atoms. The second-order valence-corrected chi connectivity index (χ2v) is 3.51. The van der Waals surface area contributed by atoms with E-state index in [2.05, 4.69) is 4.98 Å². The Hall–Kier alpha value is -2.29. The number of rotatable bonds is 3. The highest BCUT2D eigenvalue weighted by molar-refractivity contribution is 6.13. The Morgan fingerprint density at radius 1 is 1.24 bits per heavy atom. The summed E-state index contributed by atoms with van der Waals surface area (Å²) in [7, 11) is 0. The van der Waals surface area contributed by atoms with E-state index in [4.69, 9.17) is 0 Å². The van der Waals surface area contributed by atoms with Gasteiger partial charge in [-0.3, -0.25) is 9.78 Å². The maximum atomic E-state index is 13.0. The lowest BCUT2D eigenvalue weighted by Gasteiger charge is -2.00. The molecule has 0 unspecified atom stereocenters. The molecule has 0 N–H and O–H groups in total. The van der Waals surface area contributed by atoms with Crippen LogP contribution in [0.1, 0.15) is 11.1 Å². The molecule has 1 aromatic heterocycles. The summed E-state index contributed by atoms with van der Waals surface area (Å²) in [4.78, 5) is 15.0. The van der Waals surface area contributed by atoms with Crippen LogP contribution < -0.4 is 0 Å².